The summed E-state index contributed by atoms with van der Waals surface area (Å²) in [6.07, 6.45) is 0.656. The lowest BCUT2D eigenvalue weighted by atomic mass is 9.75. The second-order valence-corrected chi connectivity index (χ2v) is 5.48. The Kier molecular flexibility index (Phi) is 4.79. The van der Waals surface area contributed by atoms with Gasteiger partial charge in [0.25, 0.3) is 0 Å². The molecule has 0 aromatic heterocycles. The standard InChI is InChI=1S/C18H19NO2.ClH/c1-11-13-7-8-17(20)18(21)15(13)9-14(16(11)10-19)12-5-3-2-4-6-12;/h2-8,14,20-21H,9-10,19H2,1H3;1H. The highest BCUT2D eigenvalue weighted by molar-refractivity contribution is 5.85. The minimum Gasteiger partial charge on any atom is -0.504 e. The number of allylic oxidation sites excluding steroid dienone is 1. The predicted molar refractivity (Wildman–Crippen MR) is 91.6 cm³/mol. The predicted octanol–water partition coefficient (Wildman–Crippen LogP) is 3.59. The van der Waals surface area contributed by atoms with Crippen molar-refractivity contribution in [2.75, 3.05) is 6.54 Å². The second kappa shape index (κ2) is 6.42. The Hall–Kier alpha value is -1.97. The van der Waals surface area contributed by atoms with Crippen molar-refractivity contribution in [3.05, 3.63) is 64.7 Å². The molecule has 4 heteroatoms. The number of hydrogen-bond donors (Lipinski definition) is 3. The molecular weight excluding hydrogens is 298 g/mol. The van der Waals surface area contributed by atoms with Crippen LogP contribution in [0.2, 0.25) is 0 Å². The summed E-state index contributed by atoms with van der Waals surface area (Å²) in [6.45, 7) is 2.53. The molecule has 1 atom stereocenters. The lowest BCUT2D eigenvalue weighted by molar-refractivity contribution is 0.398. The minimum absolute atomic E-state index is 0. The number of aromatic hydroxyl groups is 2. The summed E-state index contributed by atoms with van der Waals surface area (Å²) in [7, 11) is 0. The molecule has 1 aliphatic carbocycles. The van der Waals surface area contributed by atoms with Crippen molar-refractivity contribution in [2.24, 2.45) is 5.73 Å². The molecule has 0 saturated heterocycles. The molecule has 0 spiro atoms. The van der Waals surface area contributed by atoms with Crippen LogP contribution < -0.4 is 5.73 Å². The maximum atomic E-state index is 10.2. The highest BCUT2D eigenvalue weighted by atomic mass is 35.5. The molecule has 0 heterocycles. The third-order valence-electron chi connectivity index (χ3n) is 4.40. The monoisotopic (exact) mass is 317 g/mol. The van der Waals surface area contributed by atoms with Gasteiger partial charge in [-0.15, -0.1) is 12.4 Å². The SMILES string of the molecule is CC1=C(CN)C(c2ccccc2)Cc2c1ccc(O)c2O.Cl. The Bertz CT molecular complexity index is 711. The van der Waals surface area contributed by atoms with Crippen LogP contribution in [0, 0.1) is 0 Å². The fourth-order valence-electron chi connectivity index (χ4n) is 3.24. The number of nitrogens with two attached hydrogens (primary N) is 1. The number of rotatable bonds is 2. The molecule has 0 radical (unpaired) electrons. The van der Waals surface area contributed by atoms with Crippen LogP contribution in [0.5, 0.6) is 11.5 Å². The number of benzene rings is 2. The number of phenols is 2. The van der Waals surface area contributed by atoms with E-state index >= 15 is 0 Å². The van der Waals surface area contributed by atoms with Crippen molar-refractivity contribution in [1.29, 1.82) is 0 Å². The van der Waals surface area contributed by atoms with E-state index in [1.807, 2.05) is 31.2 Å². The third-order valence-corrected chi connectivity index (χ3v) is 4.40. The number of hydrogen-bond acceptors (Lipinski definition) is 3. The molecule has 2 aromatic carbocycles. The fourth-order valence-corrected chi connectivity index (χ4v) is 3.24. The van der Waals surface area contributed by atoms with Crippen molar-refractivity contribution in [1.82, 2.24) is 0 Å². The first-order valence-electron chi connectivity index (χ1n) is 7.12. The zero-order valence-electron chi connectivity index (χ0n) is 12.4. The van der Waals surface area contributed by atoms with Gasteiger partial charge in [0.15, 0.2) is 11.5 Å². The summed E-state index contributed by atoms with van der Waals surface area (Å²) in [6, 6.07) is 13.6. The molecular formula is C18H20ClNO2. The van der Waals surface area contributed by atoms with Crippen LogP contribution in [0.3, 0.4) is 0 Å². The van der Waals surface area contributed by atoms with Gasteiger partial charge in [0.2, 0.25) is 0 Å². The minimum atomic E-state index is -0.0652. The van der Waals surface area contributed by atoms with Crippen LogP contribution in [-0.2, 0) is 6.42 Å². The van der Waals surface area contributed by atoms with E-state index in [9.17, 15) is 10.2 Å². The molecule has 22 heavy (non-hydrogen) atoms. The maximum absolute atomic E-state index is 10.2. The van der Waals surface area contributed by atoms with E-state index in [0.29, 0.717) is 13.0 Å². The Morgan fingerprint density at radius 3 is 2.41 bits per heavy atom. The zero-order valence-corrected chi connectivity index (χ0v) is 13.2. The van der Waals surface area contributed by atoms with E-state index in [1.165, 1.54) is 17.2 Å². The Labute approximate surface area is 136 Å². The summed E-state index contributed by atoms with van der Waals surface area (Å²) >= 11 is 0. The van der Waals surface area contributed by atoms with Crippen LogP contribution in [0.1, 0.15) is 29.5 Å². The molecule has 0 amide bonds. The molecule has 0 aliphatic heterocycles. The van der Waals surface area contributed by atoms with Crippen LogP contribution >= 0.6 is 12.4 Å². The number of fused-ring (bicyclic) bond motifs is 1. The molecule has 0 bridgehead atoms. The van der Waals surface area contributed by atoms with Crippen LogP contribution in [0.4, 0.5) is 0 Å². The quantitative estimate of drug-likeness (QED) is 0.741. The fraction of sp³-hybridized carbons (Fsp3) is 0.222. The van der Waals surface area contributed by atoms with Crippen molar-refractivity contribution in [3.8, 4) is 11.5 Å². The van der Waals surface area contributed by atoms with Gasteiger partial charge in [0.05, 0.1) is 0 Å². The van der Waals surface area contributed by atoms with Crippen LogP contribution in [0.25, 0.3) is 5.57 Å². The zero-order chi connectivity index (χ0) is 15.0. The largest absolute Gasteiger partial charge is 0.504 e. The molecule has 0 fully saturated rings. The first-order valence-corrected chi connectivity index (χ1v) is 7.12. The van der Waals surface area contributed by atoms with E-state index in [4.69, 9.17) is 5.73 Å². The van der Waals surface area contributed by atoms with Gasteiger partial charge in [0.1, 0.15) is 0 Å². The summed E-state index contributed by atoms with van der Waals surface area (Å²) in [5, 5.41) is 19.9. The third kappa shape index (κ3) is 2.58. The average Bonchev–Trinajstić information content (AvgIpc) is 2.52. The molecule has 4 N–H and O–H groups in total. The van der Waals surface area contributed by atoms with E-state index < -0.39 is 0 Å². The topological polar surface area (TPSA) is 66.5 Å². The highest BCUT2D eigenvalue weighted by Gasteiger charge is 2.28. The summed E-state index contributed by atoms with van der Waals surface area (Å²) in [5.41, 5.74) is 11.2. The van der Waals surface area contributed by atoms with Gasteiger partial charge < -0.3 is 15.9 Å². The van der Waals surface area contributed by atoms with Crippen molar-refractivity contribution in [3.63, 3.8) is 0 Å². The van der Waals surface area contributed by atoms with Crippen molar-refractivity contribution >= 4 is 18.0 Å². The molecule has 1 aliphatic rings. The van der Waals surface area contributed by atoms with Gasteiger partial charge in [0, 0.05) is 18.0 Å². The molecule has 3 nitrogen and oxygen atoms in total. The number of phenolic OH excluding ortho intramolecular Hbond substituents is 2. The Morgan fingerprint density at radius 1 is 1.09 bits per heavy atom. The summed E-state index contributed by atoms with van der Waals surface area (Å²) < 4.78 is 0. The van der Waals surface area contributed by atoms with Crippen LogP contribution in [0.15, 0.2) is 48.0 Å². The van der Waals surface area contributed by atoms with E-state index in [1.54, 1.807) is 0 Å². The molecule has 3 rings (SSSR count). The van der Waals surface area contributed by atoms with Gasteiger partial charge in [-0.3, -0.25) is 0 Å². The van der Waals surface area contributed by atoms with E-state index in [-0.39, 0.29) is 29.8 Å². The lowest BCUT2D eigenvalue weighted by Crippen LogP contribution is -2.20. The second-order valence-electron chi connectivity index (χ2n) is 5.48. The molecule has 116 valence electrons. The highest BCUT2D eigenvalue weighted by Crippen LogP contribution is 2.45. The van der Waals surface area contributed by atoms with Gasteiger partial charge in [-0.05, 0) is 41.7 Å². The normalized spacial score (nSPS) is 16.9. The summed E-state index contributed by atoms with van der Waals surface area (Å²) in [4.78, 5) is 0. The average molecular weight is 318 g/mol. The van der Waals surface area contributed by atoms with Gasteiger partial charge in [-0.25, -0.2) is 0 Å². The maximum Gasteiger partial charge on any atom is 0.161 e. The van der Waals surface area contributed by atoms with Gasteiger partial charge in [-0.2, -0.15) is 0 Å². The van der Waals surface area contributed by atoms with Crippen LogP contribution in [-0.4, -0.2) is 16.8 Å². The van der Waals surface area contributed by atoms with Gasteiger partial charge in [-0.1, -0.05) is 36.4 Å². The van der Waals surface area contributed by atoms with Crippen molar-refractivity contribution < 1.29 is 10.2 Å². The molecule has 2 aromatic rings. The number of halogens is 1. The Morgan fingerprint density at radius 2 is 1.77 bits per heavy atom. The first kappa shape index (κ1) is 16.4. The van der Waals surface area contributed by atoms with Crippen molar-refractivity contribution in [2.45, 2.75) is 19.3 Å². The molecule has 0 saturated carbocycles. The lowest BCUT2D eigenvalue weighted by Gasteiger charge is -2.30. The van der Waals surface area contributed by atoms with E-state index in [2.05, 4.69) is 12.1 Å². The smallest absolute Gasteiger partial charge is 0.161 e. The first-order chi connectivity index (χ1) is 10.1. The molecule has 1 unspecified atom stereocenters. The van der Waals surface area contributed by atoms with Gasteiger partial charge >= 0.3 is 0 Å². The summed E-state index contributed by atoms with van der Waals surface area (Å²) in [5.74, 6) is 0.0739. The Balaban J connectivity index is 0.00000176. The van der Waals surface area contributed by atoms with E-state index in [0.717, 1.165) is 16.7 Å².